The molecule has 1 N–H and O–H groups in total. The Kier molecular flexibility index (Phi) is 2.86. The number of rotatable bonds is 2. The molecule has 0 atom stereocenters. The molecule has 0 bridgehead atoms. The van der Waals surface area contributed by atoms with Gasteiger partial charge in [-0.25, -0.2) is 0 Å². The summed E-state index contributed by atoms with van der Waals surface area (Å²) in [7, 11) is 0. The van der Waals surface area contributed by atoms with Gasteiger partial charge in [0.2, 0.25) is 0 Å². The Morgan fingerprint density at radius 3 is 2.62 bits per heavy atom. The summed E-state index contributed by atoms with van der Waals surface area (Å²) in [5.74, 6) is 0.783. The monoisotopic (exact) mass is 182 g/mol. The Hall–Kier alpha value is -0.540. The highest BCUT2D eigenvalue weighted by Gasteiger charge is 2.20. The van der Waals surface area contributed by atoms with Gasteiger partial charge in [-0.3, -0.25) is 10.2 Å². The second-order valence-corrected chi connectivity index (χ2v) is 4.07. The summed E-state index contributed by atoms with van der Waals surface area (Å²) in [6.45, 7) is 1.64. The van der Waals surface area contributed by atoms with E-state index in [-0.39, 0.29) is 0 Å². The van der Waals surface area contributed by atoms with E-state index < -0.39 is 0 Å². The van der Waals surface area contributed by atoms with E-state index in [0.29, 0.717) is 6.54 Å². The van der Waals surface area contributed by atoms with Crippen molar-refractivity contribution in [1.82, 2.24) is 10.2 Å². The van der Waals surface area contributed by atoms with Crippen LogP contribution in [0.1, 0.15) is 32.1 Å². The minimum Gasteiger partial charge on any atom is -0.294 e. The van der Waals surface area contributed by atoms with E-state index in [9.17, 15) is 5.21 Å². The number of hydrogen-bond donors (Lipinski definition) is 1. The fourth-order valence-corrected chi connectivity index (χ4v) is 2.23. The van der Waals surface area contributed by atoms with Gasteiger partial charge in [-0.1, -0.05) is 24.4 Å². The van der Waals surface area contributed by atoms with Crippen molar-refractivity contribution in [3.05, 3.63) is 12.3 Å². The molecular formula is C10H18N2O. The summed E-state index contributed by atoms with van der Waals surface area (Å²) in [5, 5.41) is 12.6. The van der Waals surface area contributed by atoms with Gasteiger partial charge in [-0.15, -0.1) is 0 Å². The Morgan fingerprint density at radius 1 is 1.23 bits per heavy atom. The first-order chi connectivity index (χ1) is 6.36. The normalized spacial score (nSPS) is 25.8. The van der Waals surface area contributed by atoms with Gasteiger partial charge in [0.25, 0.3) is 0 Å². The molecule has 1 saturated carbocycles. The zero-order chi connectivity index (χ0) is 9.10. The Labute approximate surface area is 79.6 Å². The molecule has 1 heterocycles. The molecular weight excluding hydrogens is 164 g/mol. The number of hydroxylamine groups is 1. The first-order valence-electron chi connectivity index (χ1n) is 5.26. The molecule has 1 fully saturated rings. The first-order valence-corrected chi connectivity index (χ1v) is 5.26. The standard InChI is InChI=1S/C10H18N2O/c13-12-8-4-7-11(12)9-10-5-2-1-3-6-10/h4,7,10,13H,1-3,5-6,8-9H2. The van der Waals surface area contributed by atoms with Crippen LogP contribution in [0.15, 0.2) is 12.3 Å². The predicted octanol–water partition coefficient (Wildman–Crippen LogP) is 2.00. The molecule has 0 spiro atoms. The van der Waals surface area contributed by atoms with Crippen LogP contribution < -0.4 is 0 Å². The van der Waals surface area contributed by atoms with Gasteiger partial charge < -0.3 is 0 Å². The van der Waals surface area contributed by atoms with Crippen LogP contribution in [0.4, 0.5) is 0 Å². The highest BCUT2D eigenvalue weighted by atomic mass is 16.5. The average molecular weight is 182 g/mol. The number of hydrazine groups is 1. The van der Waals surface area contributed by atoms with E-state index in [2.05, 4.69) is 0 Å². The molecule has 0 aromatic heterocycles. The third kappa shape index (κ3) is 2.23. The van der Waals surface area contributed by atoms with Crippen LogP contribution in [0, 0.1) is 5.92 Å². The van der Waals surface area contributed by atoms with Crippen LogP contribution in [-0.2, 0) is 0 Å². The van der Waals surface area contributed by atoms with Gasteiger partial charge in [0.15, 0.2) is 0 Å². The van der Waals surface area contributed by atoms with Gasteiger partial charge in [0, 0.05) is 12.7 Å². The molecule has 2 rings (SSSR count). The highest BCUT2D eigenvalue weighted by Crippen LogP contribution is 2.25. The molecule has 74 valence electrons. The smallest absolute Gasteiger partial charge is 0.0650 e. The van der Waals surface area contributed by atoms with Crippen LogP contribution >= 0.6 is 0 Å². The molecule has 3 heteroatoms. The molecule has 0 amide bonds. The van der Waals surface area contributed by atoms with Crippen LogP contribution in [0.3, 0.4) is 0 Å². The van der Waals surface area contributed by atoms with Crippen molar-refractivity contribution in [1.29, 1.82) is 0 Å². The second-order valence-electron chi connectivity index (χ2n) is 4.07. The third-order valence-electron chi connectivity index (χ3n) is 3.01. The van der Waals surface area contributed by atoms with Crippen molar-refractivity contribution in [2.24, 2.45) is 5.92 Å². The number of hydrogen-bond acceptors (Lipinski definition) is 3. The van der Waals surface area contributed by atoms with Gasteiger partial charge in [0.05, 0.1) is 6.54 Å². The van der Waals surface area contributed by atoms with Crippen LogP contribution in [-0.4, -0.2) is 28.5 Å². The van der Waals surface area contributed by atoms with Crippen LogP contribution in [0.25, 0.3) is 0 Å². The van der Waals surface area contributed by atoms with E-state index >= 15 is 0 Å². The lowest BCUT2D eigenvalue weighted by atomic mass is 9.89. The molecule has 1 aliphatic heterocycles. The van der Waals surface area contributed by atoms with E-state index in [0.717, 1.165) is 12.5 Å². The quantitative estimate of drug-likeness (QED) is 0.707. The summed E-state index contributed by atoms with van der Waals surface area (Å²) >= 11 is 0. The molecule has 3 nitrogen and oxygen atoms in total. The lowest BCUT2D eigenvalue weighted by Gasteiger charge is -2.29. The molecule has 0 aromatic carbocycles. The Bertz CT molecular complexity index is 187. The minimum absolute atomic E-state index is 0.646. The van der Waals surface area contributed by atoms with Crippen molar-refractivity contribution in [3.8, 4) is 0 Å². The summed E-state index contributed by atoms with van der Waals surface area (Å²) < 4.78 is 0. The largest absolute Gasteiger partial charge is 0.294 e. The molecule has 13 heavy (non-hydrogen) atoms. The lowest BCUT2D eigenvalue weighted by Crippen LogP contribution is -2.36. The lowest BCUT2D eigenvalue weighted by molar-refractivity contribution is -0.210. The Balaban J connectivity index is 1.79. The highest BCUT2D eigenvalue weighted by molar-refractivity contribution is 4.89. The summed E-state index contributed by atoms with van der Waals surface area (Å²) in [4.78, 5) is 0. The average Bonchev–Trinajstić information content (AvgIpc) is 2.54. The maximum atomic E-state index is 9.42. The number of nitrogens with zero attached hydrogens (tertiary/aromatic N) is 2. The zero-order valence-corrected chi connectivity index (χ0v) is 8.02. The van der Waals surface area contributed by atoms with E-state index in [1.54, 1.807) is 0 Å². The maximum Gasteiger partial charge on any atom is 0.0650 e. The summed E-state index contributed by atoms with van der Waals surface area (Å²) in [6.07, 6.45) is 10.8. The Morgan fingerprint density at radius 2 is 2.00 bits per heavy atom. The zero-order valence-electron chi connectivity index (χ0n) is 8.02. The topological polar surface area (TPSA) is 26.7 Å². The SMILES string of the molecule is ON1CC=CN1CC1CCCCC1. The third-order valence-corrected chi connectivity index (χ3v) is 3.01. The molecule has 0 saturated heterocycles. The van der Waals surface area contributed by atoms with Gasteiger partial charge in [0.1, 0.15) is 0 Å². The minimum atomic E-state index is 0.646. The van der Waals surface area contributed by atoms with Crippen LogP contribution in [0.2, 0.25) is 0 Å². The van der Waals surface area contributed by atoms with Crippen molar-refractivity contribution in [2.75, 3.05) is 13.1 Å². The van der Waals surface area contributed by atoms with E-state index in [4.69, 9.17) is 0 Å². The summed E-state index contributed by atoms with van der Waals surface area (Å²) in [5.41, 5.74) is 0. The van der Waals surface area contributed by atoms with Gasteiger partial charge >= 0.3 is 0 Å². The molecule has 0 unspecified atom stereocenters. The van der Waals surface area contributed by atoms with E-state index in [1.165, 1.54) is 37.3 Å². The maximum absolute atomic E-state index is 9.42. The van der Waals surface area contributed by atoms with Crippen molar-refractivity contribution in [3.63, 3.8) is 0 Å². The van der Waals surface area contributed by atoms with Crippen molar-refractivity contribution < 1.29 is 5.21 Å². The molecule has 2 aliphatic rings. The van der Waals surface area contributed by atoms with Gasteiger partial charge in [-0.2, -0.15) is 0 Å². The molecule has 0 aromatic rings. The predicted molar refractivity (Wildman–Crippen MR) is 50.9 cm³/mol. The molecule has 0 radical (unpaired) electrons. The van der Waals surface area contributed by atoms with Crippen LogP contribution in [0.5, 0.6) is 0 Å². The fraction of sp³-hybridized carbons (Fsp3) is 0.800. The van der Waals surface area contributed by atoms with E-state index in [1.807, 2.05) is 17.3 Å². The van der Waals surface area contributed by atoms with Gasteiger partial charge in [-0.05, 0) is 24.8 Å². The van der Waals surface area contributed by atoms with Crippen molar-refractivity contribution in [2.45, 2.75) is 32.1 Å². The molecule has 1 aliphatic carbocycles. The fourth-order valence-electron chi connectivity index (χ4n) is 2.23. The first kappa shape index (κ1) is 9.03. The second kappa shape index (κ2) is 4.11. The summed E-state index contributed by atoms with van der Waals surface area (Å²) in [6, 6.07) is 0. The van der Waals surface area contributed by atoms with Crippen molar-refractivity contribution >= 4 is 0 Å².